The van der Waals surface area contributed by atoms with E-state index < -0.39 is 17.7 Å². The first-order valence-electron chi connectivity index (χ1n) is 11.8. The minimum Gasteiger partial charge on any atom is -0.505 e. The first kappa shape index (κ1) is 25.2. The van der Waals surface area contributed by atoms with Gasteiger partial charge in [0.2, 0.25) is 0 Å². The van der Waals surface area contributed by atoms with Crippen molar-refractivity contribution in [3.8, 4) is 11.5 Å². The van der Waals surface area contributed by atoms with Crippen LogP contribution in [0, 0.1) is 13.8 Å². The van der Waals surface area contributed by atoms with E-state index in [9.17, 15) is 14.7 Å². The van der Waals surface area contributed by atoms with Gasteiger partial charge in [0.1, 0.15) is 11.3 Å². The summed E-state index contributed by atoms with van der Waals surface area (Å²) in [5.74, 6) is -0.799. The highest BCUT2D eigenvalue weighted by Crippen LogP contribution is 2.45. The molecule has 3 aromatic rings. The zero-order valence-corrected chi connectivity index (χ0v) is 21.5. The zero-order valence-electron chi connectivity index (χ0n) is 21.5. The van der Waals surface area contributed by atoms with Crippen LogP contribution in [0.15, 0.2) is 42.1 Å². The molecule has 1 saturated heterocycles. The lowest BCUT2D eigenvalue weighted by Gasteiger charge is -2.27. The molecule has 1 aromatic carbocycles. The molecule has 1 aliphatic rings. The molecule has 0 aliphatic carbocycles. The fourth-order valence-electron chi connectivity index (χ4n) is 4.85. The summed E-state index contributed by atoms with van der Waals surface area (Å²) in [6, 6.07) is 8.23. The van der Waals surface area contributed by atoms with Crippen molar-refractivity contribution in [1.29, 1.82) is 0 Å². The second-order valence-corrected chi connectivity index (χ2v) is 9.16. The van der Waals surface area contributed by atoms with Crippen LogP contribution in [0.4, 0.5) is 0 Å². The molecule has 9 heteroatoms. The highest BCUT2D eigenvalue weighted by atomic mass is 16.5. The van der Waals surface area contributed by atoms with E-state index in [0.717, 1.165) is 12.1 Å². The van der Waals surface area contributed by atoms with E-state index >= 15 is 0 Å². The number of ether oxygens (including phenoxy) is 2. The van der Waals surface area contributed by atoms with Gasteiger partial charge in [0.25, 0.3) is 11.7 Å². The largest absolute Gasteiger partial charge is 0.505 e. The molecule has 1 aliphatic heterocycles. The Labute approximate surface area is 210 Å². The summed E-state index contributed by atoms with van der Waals surface area (Å²) in [5.41, 5.74) is 3.10. The van der Waals surface area contributed by atoms with Gasteiger partial charge in [-0.15, -0.1) is 0 Å². The average Bonchev–Trinajstić information content (AvgIpc) is 3.32. The van der Waals surface area contributed by atoms with Gasteiger partial charge in [-0.25, -0.2) is 4.98 Å². The van der Waals surface area contributed by atoms with Gasteiger partial charge in [-0.05, 0) is 58.6 Å². The standard InChI is InChI=1S/C27H32N4O5/c1-16-10-8-14-30-21(17(2)28-26(16)30)23(32)20-22(18-11-7-12-19(35-5)25(18)36-6)31(27(34)24(20)33)15-9-13-29(3)4/h7-8,10-12,14,22,32H,9,13,15H2,1-6H3/b23-20+/t22-/m1/s1. The number of pyridine rings is 1. The van der Waals surface area contributed by atoms with Crippen LogP contribution in [-0.2, 0) is 9.59 Å². The van der Waals surface area contributed by atoms with Gasteiger partial charge in [-0.1, -0.05) is 18.2 Å². The van der Waals surface area contributed by atoms with Gasteiger partial charge < -0.3 is 24.4 Å². The van der Waals surface area contributed by atoms with Crippen LogP contribution < -0.4 is 9.47 Å². The first-order valence-corrected chi connectivity index (χ1v) is 11.8. The number of aliphatic hydroxyl groups is 1. The molecule has 0 saturated carbocycles. The number of hydrogen-bond acceptors (Lipinski definition) is 7. The Kier molecular flexibility index (Phi) is 7.03. The number of nitrogens with zero attached hydrogens (tertiary/aromatic N) is 4. The second-order valence-electron chi connectivity index (χ2n) is 9.16. The van der Waals surface area contributed by atoms with Crippen LogP contribution >= 0.6 is 0 Å². The van der Waals surface area contributed by atoms with Crippen LogP contribution in [0.25, 0.3) is 11.4 Å². The van der Waals surface area contributed by atoms with E-state index in [4.69, 9.17) is 9.47 Å². The van der Waals surface area contributed by atoms with E-state index in [0.29, 0.717) is 47.1 Å². The van der Waals surface area contributed by atoms with Crippen molar-refractivity contribution in [2.45, 2.75) is 26.3 Å². The number of aromatic nitrogens is 2. The molecule has 9 nitrogen and oxygen atoms in total. The summed E-state index contributed by atoms with van der Waals surface area (Å²) >= 11 is 0. The van der Waals surface area contributed by atoms with Crippen molar-refractivity contribution in [3.63, 3.8) is 0 Å². The number of carbonyl (C=O) groups excluding carboxylic acids is 2. The summed E-state index contributed by atoms with van der Waals surface area (Å²) in [5, 5.41) is 11.7. The number of ketones is 1. The second kappa shape index (κ2) is 10.0. The topological polar surface area (TPSA) is 96.6 Å². The predicted octanol–water partition coefficient (Wildman–Crippen LogP) is 3.34. The molecule has 1 atom stereocenters. The van der Waals surface area contributed by atoms with Crippen molar-refractivity contribution in [2.24, 2.45) is 0 Å². The summed E-state index contributed by atoms with van der Waals surface area (Å²) in [4.78, 5) is 34.9. The molecule has 2 aromatic heterocycles. The number of imidazole rings is 1. The Balaban J connectivity index is 1.97. The fraction of sp³-hybridized carbons (Fsp3) is 0.370. The molecule has 1 amide bonds. The van der Waals surface area contributed by atoms with Crippen molar-refractivity contribution in [3.05, 3.63) is 64.6 Å². The Morgan fingerprint density at radius 1 is 1.11 bits per heavy atom. The lowest BCUT2D eigenvalue weighted by atomic mass is 9.95. The number of likely N-dealkylation sites (tertiary alicyclic amines) is 1. The molecule has 3 heterocycles. The Morgan fingerprint density at radius 2 is 1.86 bits per heavy atom. The number of methoxy groups -OCH3 is 2. The Morgan fingerprint density at radius 3 is 2.53 bits per heavy atom. The number of benzene rings is 1. The molecule has 1 N–H and O–H groups in total. The molecular weight excluding hydrogens is 460 g/mol. The number of rotatable bonds is 8. The number of amides is 1. The molecule has 1 fully saturated rings. The third-order valence-corrected chi connectivity index (χ3v) is 6.52. The zero-order chi connectivity index (χ0) is 26.1. The number of carbonyl (C=O) groups is 2. The molecule has 0 spiro atoms. The molecule has 36 heavy (non-hydrogen) atoms. The molecule has 190 valence electrons. The van der Waals surface area contributed by atoms with E-state index in [2.05, 4.69) is 4.98 Å². The first-order chi connectivity index (χ1) is 17.2. The van der Waals surface area contributed by atoms with Crippen LogP contribution in [0.5, 0.6) is 11.5 Å². The maximum Gasteiger partial charge on any atom is 0.295 e. The van der Waals surface area contributed by atoms with Crippen LogP contribution in [0.3, 0.4) is 0 Å². The normalized spacial score (nSPS) is 17.4. The summed E-state index contributed by atoms with van der Waals surface area (Å²) < 4.78 is 12.9. The van der Waals surface area contributed by atoms with Gasteiger partial charge in [-0.3, -0.25) is 14.0 Å². The van der Waals surface area contributed by atoms with E-state index in [1.54, 1.807) is 35.7 Å². The Bertz CT molecular complexity index is 1360. The summed E-state index contributed by atoms with van der Waals surface area (Å²) in [6.07, 6.45) is 2.43. The fourth-order valence-corrected chi connectivity index (χ4v) is 4.85. The quantitative estimate of drug-likeness (QED) is 0.293. The van der Waals surface area contributed by atoms with Crippen molar-refractivity contribution in [1.82, 2.24) is 19.2 Å². The van der Waals surface area contributed by atoms with Gasteiger partial charge in [0, 0.05) is 18.3 Å². The molecular formula is C27H32N4O5. The summed E-state index contributed by atoms with van der Waals surface area (Å²) in [7, 11) is 6.94. The third-order valence-electron chi connectivity index (χ3n) is 6.52. The van der Waals surface area contributed by atoms with E-state index in [1.807, 2.05) is 38.1 Å². The van der Waals surface area contributed by atoms with Crippen molar-refractivity contribution < 1.29 is 24.2 Å². The SMILES string of the molecule is COc1cccc([C@@H]2/C(=C(\O)c3c(C)nc4c(C)cccn34)C(=O)C(=O)N2CCCN(C)C)c1OC. The number of fused-ring (bicyclic) bond motifs is 1. The maximum atomic E-state index is 13.5. The molecule has 0 bridgehead atoms. The highest BCUT2D eigenvalue weighted by Gasteiger charge is 2.47. The third kappa shape index (κ3) is 4.19. The molecule has 4 rings (SSSR count). The maximum absolute atomic E-state index is 13.5. The molecule has 0 radical (unpaired) electrons. The number of aliphatic hydroxyl groups excluding tert-OH is 1. The Hall–Kier alpha value is -3.85. The van der Waals surface area contributed by atoms with E-state index in [1.165, 1.54) is 19.1 Å². The number of aryl methyl sites for hydroxylation is 2. The van der Waals surface area contributed by atoms with Gasteiger partial charge >= 0.3 is 0 Å². The monoisotopic (exact) mass is 492 g/mol. The van der Waals surface area contributed by atoms with Crippen molar-refractivity contribution in [2.75, 3.05) is 41.4 Å². The van der Waals surface area contributed by atoms with Crippen LogP contribution in [-0.4, -0.2) is 77.4 Å². The van der Waals surface area contributed by atoms with Gasteiger partial charge in [0.05, 0.1) is 31.5 Å². The van der Waals surface area contributed by atoms with Gasteiger partial charge in [0.15, 0.2) is 17.3 Å². The molecule has 0 unspecified atom stereocenters. The van der Waals surface area contributed by atoms with Crippen LogP contribution in [0.2, 0.25) is 0 Å². The van der Waals surface area contributed by atoms with Crippen LogP contribution in [0.1, 0.15) is 35.0 Å². The minimum atomic E-state index is -0.855. The average molecular weight is 493 g/mol. The summed E-state index contributed by atoms with van der Waals surface area (Å²) in [6.45, 7) is 4.76. The minimum absolute atomic E-state index is 0.00260. The van der Waals surface area contributed by atoms with Crippen molar-refractivity contribution >= 4 is 23.1 Å². The number of hydrogen-bond donors (Lipinski definition) is 1. The lowest BCUT2D eigenvalue weighted by molar-refractivity contribution is -0.140. The predicted molar refractivity (Wildman–Crippen MR) is 136 cm³/mol. The lowest BCUT2D eigenvalue weighted by Crippen LogP contribution is -2.32. The van der Waals surface area contributed by atoms with E-state index in [-0.39, 0.29) is 11.3 Å². The van der Waals surface area contributed by atoms with Gasteiger partial charge in [-0.2, -0.15) is 0 Å². The highest BCUT2D eigenvalue weighted by molar-refractivity contribution is 6.46. The number of Topliss-reactive ketones (excluding diaryl/α,β-unsaturated/α-hetero) is 1. The smallest absolute Gasteiger partial charge is 0.295 e. The number of para-hydroxylation sites is 1.